The minimum atomic E-state index is -4.42. The summed E-state index contributed by atoms with van der Waals surface area (Å²) in [6.45, 7) is 0.991. The third-order valence-corrected chi connectivity index (χ3v) is 7.78. The number of aromatic nitrogens is 1. The Morgan fingerprint density at radius 3 is 2.73 bits per heavy atom. The van der Waals surface area contributed by atoms with Gasteiger partial charge < -0.3 is 9.29 Å². The van der Waals surface area contributed by atoms with E-state index in [-0.39, 0.29) is 28.8 Å². The SMILES string of the molecule is N#C[N+]1(c2ccc(N3C[C@@H](CCS(=O)(=O)[O-])OC3=O)cc2F)CCC(Cc2nccs2)CC1. The lowest BCUT2D eigenvalue weighted by Crippen LogP contribution is -2.51. The Labute approximate surface area is 195 Å². The summed E-state index contributed by atoms with van der Waals surface area (Å²) in [4.78, 5) is 17.7. The molecule has 0 radical (unpaired) electrons. The van der Waals surface area contributed by atoms with Gasteiger partial charge in [0, 0.05) is 48.7 Å². The number of ether oxygens (including phenoxy) is 1. The molecule has 2 saturated heterocycles. The van der Waals surface area contributed by atoms with Crippen LogP contribution in [-0.4, -0.2) is 55.5 Å². The normalized spacial score (nSPS) is 25.6. The number of carbonyl (C=O) groups excluding carboxylic acids is 1. The lowest BCUT2D eigenvalue weighted by molar-refractivity contribution is 0.139. The highest BCUT2D eigenvalue weighted by molar-refractivity contribution is 7.85. The number of carbonyl (C=O) groups is 1. The molecular formula is C21H23FN4O5S2. The minimum absolute atomic E-state index is 0.0177. The number of hydrogen-bond acceptors (Lipinski definition) is 8. The van der Waals surface area contributed by atoms with Gasteiger partial charge in [0.15, 0.2) is 11.5 Å². The van der Waals surface area contributed by atoms with Crippen LogP contribution in [0.25, 0.3) is 0 Å². The van der Waals surface area contributed by atoms with Crippen LogP contribution >= 0.6 is 11.3 Å². The van der Waals surface area contributed by atoms with E-state index >= 15 is 4.39 Å². The Morgan fingerprint density at radius 2 is 2.12 bits per heavy atom. The van der Waals surface area contributed by atoms with Crippen LogP contribution in [0.5, 0.6) is 0 Å². The molecule has 0 unspecified atom stereocenters. The maximum absolute atomic E-state index is 15.2. The summed E-state index contributed by atoms with van der Waals surface area (Å²) in [6, 6.07) is 4.28. The van der Waals surface area contributed by atoms with E-state index < -0.39 is 33.9 Å². The molecule has 1 aromatic carbocycles. The Hall–Kier alpha value is -2.59. The van der Waals surface area contributed by atoms with Crippen LogP contribution in [0.15, 0.2) is 29.8 Å². The minimum Gasteiger partial charge on any atom is -0.748 e. The van der Waals surface area contributed by atoms with Gasteiger partial charge in [0.1, 0.15) is 6.10 Å². The molecule has 2 aliphatic rings. The van der Waals surface area contributed by atoms with Gasteiger partial charge in [0.25, 0.3) is 0 Å². The van der Waals surface area contributed by atoms with Gasteiger partial charge in [-0.25, -0.2) is 22.6 Å². The molecule has 2 aromatic rings. The maximum atomic E-state index is 15.2. The van der Waals surface area contributed by atoms with Crippen molar-refractivity contribution in [2.24, 2.45) is 5.92 Å². The number of hydrogen-bond donors (Lipinski definition) is 0. The van der Waals surface area contributed by atoms with Crippen molar-refractivity contribution in [3.63, 3.8) is 0 Å². The molecule has 0 spiro atoms. The summed E-state index contributed by atoms with van der Waals surface area (Å²) >= 11 is 1.61. The molecule has 4 rings (SSSR count). The highest BCUT2D eigenvalue weighted by Gasteiger charge is 2.40. The maximum Gasteiger partial charge on any atom is 0.414 e. The number of nitrogens with zero attached hydrogens (tertiary/aromatic N) is 4. The van der Waals surface area contributed by atoms with Gasteiger partial charge in [0.2, 0.25) is 0 Å². The van der Waals surface area contributed by atoms with Gasteiger partial charge in [-0.15, -0.1) is 16.6 Å². The van der Waals surface area contributed by atoms with E-state index in [1.807, 2.05) is 5.38 Å². The van der Waals surface area contributed by atoms with Crippen molar-refractivity contribution in [2.75, 3.05) is 30.3 Å². The first-order valence-electron chi connectivity index (χ1n) is 10.6. The smallest absolute Gasteiger partial charge is 0.414 e. The second kappa shape index (κ2) is 9.34. The zero-order valence-electron chi connectivity index (χ0n) is 17.7. The number of amides is 1. The van der Waals surface area contributed by atoms with Crippen LogP contribution in [0.1, 0.15) is 24.3 Å². The van der Waals surface area contributed by atoms with Crippen LogP contribution in [0.3, 0.4) is 0 Å². The van der Waals surface area contributed by atoms with Crippen LogP contribution < -0.4 is 9.38 Å². The zero-order valence-corrected chi connectivity index (χ0v) is 19.4. The number of likely N-dealkylation sites (tertiary alicyclic amines) is 1. The van der Waals surface area contributed by atoms with Crippen molar-refractivity contribution in [2.45, 2.75) is 31.8 Å². The third-order valence-electron chi connectivity index (χ3n) is 6.24. The molecule has 1 aromatic heterocycles. The molecule has 176 valence electrons. The number of cyclic esters (lactones) is 1. The highest BCUT2D eigenvalue weighted by Crippen LogP contribution is 2.36. The second-order valence-electron chi connectivity index (χ2n) is 8.39. The summed E-state index contributed by atoms with van der Waals surface area (Å²) in [5, 5.41) is 12.9. The van der Waals surface area contributed by atoms with Gasteiger partial charge in [-0.1, -0.05) is 0 Å². The van der Waals surface area contributed by atoms with Crippen LogP contribution in [0.2, 0.25) is 0 Å². The standard InChI is InChI=1S/C21H23FN4O5S2/c22-18-12-16(25-13-17(31-21(25)27)5-10-33(28,29)30)1-2-19(18)26(14-23)7-3-15(4-8-26)11-20-24-6-9-32-20/h1-2,6,9,12,15,17H,3-5,7-8,10-11,13H2/t15?,17-,26?/m1/s1. The number of nitriles is 1. The van der Waals surface area contributed by atoms with Crippen molar-refractivity contribution in [1.29, 1.82) is 5.26 Å². The van der Waals surface area contributed by atoms with Crippen molar-refractivity contribution in [3.8, 4) is 6.19 Å². The Balaban J connectivity index is 1.44. The Bertz CT molecular complexity index is 1160. The summed E-state index contributed by atoms with van der Waals surface area (Å²) < 4.78 is 52.6. The second-order valence-corrected chi connectivity index (χ2v) is 10.9. The van der Waals surface area contributed by atoms with Crippen LogP contribution in [-0.2, 0) is 21.3 Å². The number of piperidine rings is 1. The molecule has 33 heavy (non-hydrogen) atoms. The molecule has 3 heterocycles. The Morgan fingerprint density at radius 1 is 1.36 bits per heavy atom. The number of benzene rings is 1. The first-order valence-corrected chi connectivity index (χ1v) is 13.0. The summed E-state index contributed by atoms with van der Waals surface area (Å²) in [5.41, 5.74) is 0.513. The lowest BCUT2D eigenvalue weighted by Gasteiger charge is -2.36. The fourth-order valence-electron chi connectivity index (χ4n) is 4.43. The monoisotopic (exact) mass is 494 g/mol. The van der Waals surface area contributed by atoms with Gasteiger partial charge >= 0.3 is 12.3 Å². The molecule has 2 fully saturated rings. The van der Waals surface area contributed by atoms with Crippen molar-refractivity contribution in [3.05, 3.63) is 40.6 Å². The van der Waals surface area contributed by atoms with E-state index in [1.165, 1.54) is 17.0 Å². The third kappa shape index (κ3) is 5.33. The predicted molar refractivity (Wildman–Crippen MR) is 119 cm³/mol. The molecule has 1 atom stereocenters. The summed E-state index contributed by atoms with van der Waals surface area (Å²) in [6.07, 6.45) is 4.85. The average molecular weight is 495 g/mol. The quantitative estimate of drug-likeness (QED) is 0.329. The van der Waals surface area contributed by atoms with Crippen LogP contribution in [0.4, 0.5) is 20.6 Å². The van der Waals surface area contributed by atoms with E-state index in [1.54, 1.807) is 23.6 Å². The topological polar surface area (TPSA) is 123 Å². The molecule has 0 saturated carbocycles. The first-order chi connectivity index (χ1) is 15.7. The van der Waals surface area contributed by atoms with Crippen molar-refractivity contribution in [1.82, 2.24) is 9.47 Å². The predicted octanol–water partition coefficient (Wildman–Crippen LogP) is 2.98. The fourth-order valence-corrected chi connectivity index (χ4v) is 5.71. The fraction of sp³-hybridized carbons (Fsp3) is 0.476. The number of thiazole rings is 1. The molecular weight excluding hydrogens is 471 g/mol. The van der Waals surface area contributed by atoms with Crippen LogP contribution in [0, 0.1) is 23.2 Å². The lowest BCUT2D eigenvalue weighted by atomic mass is 9.92. The van der Waals surface area contributed by atoms with Gasteiger partial charge in [-0.2, -0.15) is 4.48 Å². The van der Waals surface area contributed by atoms with Crippen molar-refractivity contribution < 1.29 is 26.9 Å². The number of anilines is 1. The van der Waals surface area contributed by atoms with Crippen molar-refractivity contribution >= 4 is 38.9 Å². The zero-order chi connectivity index (χ0) is 23.6. The molecule has 0 aliphatic carbocycles. The molecule has 0 N–H and O–H groups in total. The van der Waals surface area contributed by atoms with Gasteiger partial charge in [0.05, 0.1) is 40.4 Å². The van der Waals surface area contributed by atoms with E-state index in [0.717, 1.165) is 24.3 Å². The van der Waals surface area contributed by atoms with E-state index in [9.17, 15) is 23.0 Å². The summed E-state index contributed by atoms with van der Waals surface area (Å²) in [7, 11) is -4.42. The first kappa shape index (κ1) is 23.6. The number of quaternary nitrogens is 1. The number of rotatable bonds is 7. The molecule has 0 bridgehead atoms. The van der Waals surface area contributed by atoms with Gasteiger partial charge in [-0.05, 0) is 18.4 Å². The molecule has 2 aliphatic heterocycles. The molecule has 9 nitrogen and oxygen atoms in total. The molecule has 12 heteroatoms. The van der Waals surface area contributed by atoms with E-state index in [4.69, 9.17) is 4.74 Å². The average Bonchev–Trinajstić information content (AvgIpc) is 3.42. The Kier molecular flexibility index (Phi) is 6.67. The number of halogens is 1. The van der Waals surface area contributed by atoms with E-state index in [0.29, 0.717) is 19.0 Å². The molecule has 1 amide bonds. The summed E-state index contributed by atoms with van der Waals surface area (Å²) in [5.74, 6) is -0.837. The highest BCUT2D eigenvalue weighted by atomic mass is 32.2. The van der Waals surface area contributed by atoms with Gasteiger partial charge in [-0.3, -0.25) is 4.90 Å². The largest absolute Gasteiger partial charge is 0.748 e. The van der Waals surface area contributed by atoms with E-state index in [2.05, 4.69) is 11.2 Å².